The van der Waals surface area contributed by atoms with Gasteiger partial charge in [0.2, 0.25) is 10.0 Å². The molecule has 0 fully saturated rings. The van der Waals surface area contributed by atoms with Crippen LogP contribution < -0.4 is 0 Å². The third-order valence-corrected chi connectivity index (χ3v) is 4.36. The molecule has 0 rings (SSSR count). The first kappa shape index (κ1) is 16.9. The van der Waals surface area contributed by atoms with E-state index >= 15 is 0 Å². The number of hydrogen-bond acceptors (Lipinski definition) is 3. The summed E-state index contributed by atoms with van der Waals surface area (Å²) in [6.45, 7) is 9.83. The van der Waals surface area contributed by atoms with Crippen molar-refractivity contribution in [3.63, 3.8) is 0 Å². The Labute approximate surface area is 106 Å². The van der Waals surface area contributed by atoms with Crippen molar-refractivity contribution >= 4 is 10.0 Å². The standard InChI is InChI=1S/C12H27NO3S/c1-6-8-13(9-7-12(2,3)4)17(14,15)11-10-16-5/h6-11H2,1-5H3. The molecule has 0 aromatic rings. The molecule has 0 amide bonds. The van der Waals surface area contributed by atoms with Crippen molar-refractivity contribution in [3.8, 4) is 0 Å². The third kappa shape index (κ3) is 7.73. The van der Waals surface area contributed by atoms with Crippen LogP contribution in [0.3, 0.4) is 0 Å². The van der Waals surface area contributed by atoms with Crippen LogP contribution in [0.15, 0.2) is 0 Å². The van der Waals surface area contributed by atoms with E-state index in [4.69, 9.17) is 4.74 Å². The molecule has 0 saturated heterocycles. The van der Waals surface area contributed by atoms with Crippen LogP contribution in [0.4, 0.5) is 0 Å². The maximum atomic E-state index is 12.0. The van der Waals surface area contributed by atoms with E-state index in [0.29, 0.717) is 13.1 Å². The lowest BCUT2D eigenvalue weighted by Crippen LogP contribution is -2.37. The summed E-state index contributed by atoms with van der Waals surface area (Å²) in [5.41, 5.74) is 0.156. The van der Waals surface area contributed by atoms with Gasteiger partial charge in [-0.05, 0) is 18.3 Å². The summed E-state index contributed by atoms with van der Waals surface area (Å²) in [6, 6.07) is 0. The Hall–Kier alpha value is -0.130. The molecular weight excluding hydrogens is 238 g/mol. The van der Waals surface area contributed by atoms with Gasteiger partial charge in [-0.25, -0.2) is 12.7 Å². The minimum absolute atomic E-state index is 0.0770. The molecule has 0 atom stereocenters. The summed E-state index contributed by atoms with van der Waals surface area (Å²) in [5, 5.41) is 0. The smallest absolute Gasteiger partial charge is 0.216 e. The van der Waals surface area contributed by atoms with Gasteiger partial charge in [0.15, 0.2) is 0 Å². The van der Waals surface area contributed by atoms with E-state index in [2.05, 4.69) is 20.8 Å². The maximum absolute atomic E-state index is 12.0. The number of hydrogen-bond donors (Lipinski definition) is 0. The third-order valence-electron chi connectivity index (χ3n) is 2.52. The summed E-state index contributed by atoms with van der Waals surface area (Å²) in [7, 11) is -1.64. The molecule has 0 aromatic heterocycles. The van der Waals surface area contributed by atoms with Crippen molar-refractivity contribution in [2.45, 2.75) is 40.5 Å². The molecule has 104 valence electrons. The molecule has 0 heterocycles. The molecule has 0 unspecified atom stereocenters. The first-order valence-corrected chi connectivity index (χ1v) is 7.80. The van der Waals surface area contributed by atoms with Gasteiger partial charge >= 0.3 is 0 Å². The Morgan fingerprint density at radius 3 is 2.18 bits per heavy atom. The highest BCUT2D eigenvalue weighted by Crippen LogP contribution is 2.20. The predicted octanol–water partition coefficient (Wildman–Crippen LogP) is 2.11. The van der Waals surface area contributed by atoms with E-state index in [1.54, 1.807) is 4.31 Å². The van der Waals surface area contributed by atoms with E-state index in [1.807, 2.05) is 6.92 Å². The molecule has 0 spiro atoms. The molecule has 0 N–H and O–H groups in total. The maximum Gasteiger partial charge on any atom is 0.216 e. The quantitative estimate of drug-likeness (QED) is 0.675. The van der Waals surface area contributed by atoms with Gasteiger partial charge in [0.25, 0.3) is 0 Å². The second kappa shape index (κ2) is 7.34. The number of nitrogens with zero attached hydrogens (tertiary/aromatic N) is 1. The molecule has 5 heteroatoms. The molecule has 0 aliphatic rings. The SMILES string of the molecule is CCCN(CCC(C)(C)C)S(=O)(=O)CCOC. The lowest BCUT2D eigenvalue weighted by atomic mass is 9.92. The van der Waals surface area contributed by atoms with Gasteiger partial charge in [-0.15, -0.1) is 0 Å². The molecule has 0 radical (unpaired) electrons. The van der Waals surface area contributed by atoms with Crippen LogP contribution in [0.5, 0.6) is 0 Å². The topological polar surface area (TPSA) is 46.6 Å². The van der Waals surface area contributed by atoms with Crippen molar-refractivity contribution in [1.82, 2.24) is 4.31 Å². The van der Waals surface area contributed by atoms with Gasteiger partial charge in [-0.1, -0.05) is 27.7 Å². The predicted molar refractivity (Wildman–Crippen MR) is 71.6 cm³/mol. The van der Waals surface area contributed by atoms with Crippen molar-refractivity contribution in [2.75, 3.05) is 32.6 Å². The van der Waals surface area contributed by atoms with Crippen LogP contribution in [0.25, 0.3) is 0 Å². The highest BCUT2D eigenvalue weighted by Gasteiger charge is 2.22. The summed E-state index contributed by atoms with van der Waals surface area (Å²) in [6.07, 6.45) is 1.72. The molecule has 0 aliphatic heterocycles. The summed E-state index contributed by atoms with van der Waals surface area (Å²) in [4.78, 5) is 0. The lowest BCUT2D eigenvalue weighted by Gasteiger charge is -2.26. The van der Waals surface area contributed by atoms with Gasteiger partial charge in [-0.3, -0.25) is 0 Å². The van der Waals surface area contributed by atoms with Crippen LogP contribution in [-0.4, -0.2) is 45.3 Å². The van der Waals surface area contributed by atoms with Crippen LogP contribution >= 0.6 is 0 Å². The molecule has 0 saturated carbocycles. The normalized spacial score (nSPS) is 13.3. The second-order valence-corrected chi connectivity index (χ2v) is 7.61. The van der Waals surface area contributed by atoms with Crippen molar-refractivity contribution in [2.24, 2.45) is 5.41 Å². The number of ether oxygens (including phenoxy) is 1. The van der Waals surface area contributed by atoms with Gasteiger partial charge in [0.05, 0.1) is 12.4 Å². The van der Waals surface area contributed by atoms with Crippen LogP contribution in [0.2, 0.25) is 0 Å². The summed E-state index contributed by atoms with van der Waals surface area (Å²) < 4.78 is 30.5. The Balaban J connectivity index is 4.50. The van der Waals surface area contributed by atoms with E-state index < -0.39 is 10.0 Å². The monoisotopic (exact) mass is 265 g/mol. The Kier molecular flexibility index (Phi) is 7.28. The van der Waals surface area contributed by atoms with Crippen LogP contribution in [-0.2, 0) is 14.8 Å². The fourth-order valence-electron chi connectivity index (χ4n) is 1.42. The minimum Gasteiger partial charge on any atom is -0.384 e. The summed E-state index contributed by atoms with van der Waals surface area (Å²) in [5.74, 6) is 0.0770. The van der Waals surface area contributed by atoms with Crippen molar-refractivity contribution in [1.29, 1.82) is 0 Å². The van der Waals surface area contributed by atoms with E-state index in [0.717, 1.165) is 12.8 Å². The average Bonchev–Trinajstić information content (AvgIpc) is 2.19. The zero-order valence-electron chi connectivity index (χ0n) is 11.8. The Morgan fingerprint density at radius 2 is 1.76 bits per heavy atom. The van der Waals surface area contributed by atoms with Crippen LogP contribution in [0.1, 0.15) is 40.5 Å². The van der Waals surface area contributed by atoms with Crippen molar-refractivity contribution < 1.29 is 13.2 Å². The highest BCUT2D eigenvalue weighted by atomic mass is 32.2. The molecule has 0 bridgehead atoms. The Bertz CT molecular complexity index is 293. The fraction of sp³-hybridized carbons (Fsp3) is 1.00. The lowest BCUT2D eigenvalue weighted by molar-refractivity contribution is 0.215. The molecule has 4 nitrogen and oxygen atoms in total. The second-order valence-electron chi connectivity index (χ2n) is 5.52. The van der Waals surface area contributed by atoms with Crippen LogP contribution in [0, 0.1) is 5.41 Å². The first-order valence-electron chi connectivity index (χ1n) is 6.19. The van der Waals surface area contributed by atoms with Gasteiger partial charge in [0, 0.05) is 20.2 Å². The van der Waals surface area contributed by atoms with E-state index in [9.17, 15) is 8.42 Å². The molecule has 17 heavy (non-hydrogen) atoms. The molecular formula is C12H27NO3S. The molecule has 0 aliphatic carbocycles. The van der Waals surface area contributed by atoms with Gasteiger partial charge in [-0.2, -0.15) is 0 Å². The van der Waals surface area contributed by atoms with Gasteiger partial charge < -0.3 is 4.74 Å². The van der Waals surface area contributed by atoms with E-state index in [-0.39, 0.29) is 17.8 Å². The number of rotatable bonds is 8. The van der Waals surface area contributed by atoms with Gasteiger partial charge in [0.1, 0.15) is 0 Å². The van der Waals surface area contributed by atoms with E-state index in [1.165, 1.54) is 7.11 Å². The molecule has 0 aromatic carbocycles. The number of sulfonamides is 1. The highest BCUT2D eigenvalue weighted by molar-refractivity contribution is 7.89. The average molecular weight is 265 g/mol. The fourth-order valence-corrected chi connectivity index (χ4v) is 2.88. The first-order chi connectivity index (χ1) is 7.73. The zero-order chi connectivity index (χ0) is 13.5. The largest absolute Gasteiger partial charge is 0.384 e. The van der Waals surface area contributed by atoms with Crippen molar-refractivity contribution in [3.05, 3.63) is 0 Å². The zero-order valence-corrected chi connectivity index (χ0v) is 12.6. The Morgan fingerprint density at radius 1 is 1.18 bits per heavy atom. The minimum atomic E-state index is -3.16. The number of methoxy groups -OCH3 is 1. The summed E-state index contributed by atoms with van der Waals surface area (Å²) >= 11 is 0.